The van der Waals surface area contributed by atoms with E-state index in [0.29, 0.717) is 54.5 Å². The Hall–Kier alpha value is -8.18. The first-order valence-corrected chi connectivity index (χ1v) is 34.3. The topological polar surface area (TPSA) is 473 Å². The molecule has 5 rings (SSSR count). The lowest BCUT2D eigenvalue weighted by Gasteiger charge is -2.30. The highest BCUT2D eigenvalue weighted by Crippen LogP contribution is 2.32. The molecule has 30 nitrogen and oxygen atoms in total. The molecule has 13 amide bonds. The number of hydrogen-bond acceptors (Lipinski definition) is 19. The van der Waals surface area contributed by atoms with Crippen LogP contribution in [-0.2, 0) is 75.4 Å². The number of halogens is 1. The van der Waals surface area contributed by atoms with Crippen molar-refractivity contribution in [3.63, 3.8) is 0 Å². The van der Waals surface area contributed by atoms with Crippen molar-refractivity contribution in [1.82, 2.24) is 58.1 Å². The van der Waals surface area contributed by atoms with Gasteiger partial charge in [-0.15, -0.1) is 23.5 Å². The number of guanidine groups is 1. The second kappa shape index (κ2) is 40.3. The zero-order chi connectivity index (χ0) is 69.6. The summed E-state index contributed by atoms with van der Waals surface area (Å²) in [5.41, 5.74) is 18.0. The van der Waals surface area contributed by atoms with Crippen molar-refractivity contribution in [1.29, 1.82) is 0 Å². The molecule has 2 aliphatic heterocycles. The molecule has 3 aliphatic rings. The largest absolute Gasteiger partial charge is 0.481 e. The molecule has 0 bridgehead atoms. The average molecular weight is 1400 g/mol. The number of hydrogen-bond donors (Lipinski definition) is 16. The first-order chi connectivity index (χ1) is 45.4. The number of carbonyl (C=O) groups is 14. The predicted octanol–water partition coefficient (Wildman–Crippen LogP) is -2.79. The van der Waals surface area contributed by atoms with E-state index in [-0.39, 0.29) is 118 Å². The number of imide groups is 1. The number of thiol groups is 2. The van der Waals surface area contributed by atoms with Crippen molar-refractivity contribution in [2.24, 2.45) is 34.0 Å². The summed E-state index contributed by atoms with van der Waals surface area (Å²) < 4.78 is 12.9. The SMILES string of the molecule is NC(=O)[C@@H]1CSCC(=O)N[C@@H](CCCCNC(=O)C2CCC(CN3C(=O)CC(SCCNC(=O)c4ccc(C[18F])cc4)C3=O)CC2)C(=O)N[C@@H](CS)C(=O)N[C@@H](CCCN=C(N)N)C(=O)NCC(=O)N[C@@H](CC(=O)O)C(=O)N[C@@H](CS)C(=O)N[C@@H](Cc2ccccc2)C(=O)N1. The number of rotatable bonds is 25. The standard InChI is InChI=1S/C60H84FN15O15S4/c61-26-34-11-15-36(16-12-34)52(84)66-21-22-95-45-25-48(79)76(59(45)91)28-35-13-17-37(18-14-35)51(83)65-19-5-4-9-39-54(86)73-42(29-92)57(89)71-38(10-6-20-67-60(63)64)53(85)68-27-46(77)70-41(24-49(80)81)56(88)74-43(30-93)58(90)72-40(23-33-7-2-1-3-8-33)55(87)75-44(50(62)82)31-94-32-47(78)69-39/h1-3,7-8,11-12,15-16,35,37-45,92-93H,4-6,9-10,13-14,17-32H2,(H2,62,82)(H,65,83)(H,66,84)(H,68,85)(H,69,78)(H,70,77)(H,71,89)(H,72,90)(H,73,86)(H,74,88)(H,75,87)(H,80,81)(H4,63,64,67)/t35?,37?,38-,39-,40-,41-,42-,43-,44-,45?/m0/s1/i61-1. The molecule has 1 unspecified atom stereocenters. The number of likely N-dealkylation sites (tertiary alicyclic amines) is 1. The number of unbranched alkanes of at least 4 members (excludes halogenated alkanes) is 1. The number of carboxylic acid groups (broad SMARTS) is 1. The minimum absolute atomic E-state index is 0.00796. The molecule has 2 aromatic rings. The highest BCUT2D eigenvalue weighted by atomic mass is 32.2. The third-order valence-corrected chi connectivity index (χ3v) is 18.5. The fourth-order valence-electron chi connectivity index (χ4n) is 10.4. The normalized spacial score (nSPS) is 24.2. The van der Waals surface area contributed by atoms with Gasteiger partial charge in [0.2, 0.25) is 70.9 Å². The molecule has 1 saturated carbocycles. The lowest BCUT2D eigenvalue weighted by Crippen LogP contribution is -2.60. The predicted molar refractivity (Wildman–Crippen MR) is 357 cm³/mol. The molecule has 2 heterocycles. The van der Waals surface area contributed by atoms with Crippen LogP contribution in [0.2, 0.25) is 0 Å². The molecular formula is C60H84FN15O15S4. The average Bonchev–Trinajstić information content (AvgIpc) is 1.73. The molecule has 1 aliphatic carbocycles. The van der Waals surface area contributed by atoms with Crippen LogP contribution in [-0.4, -0.2) is 208 Å². The van der Waals surface area contributed by atoms with Crippen LogP contribution in [0.25, 0.3) is 0 Å². The van der Waals surface area contributed by atoms with Gasteiger partial charge in [-0.25, -0.2) is 4.39 Å². The Kier molecular flexibility index (Phi) is 32.9. The van der Waals surface area contributed by atoms with Gasteiger partial charge in [0.15, 0.2) is 5.96 Å². The number of carboxylic acids is 1. The highest BCUT2D eigenvalue weighted by molar-refractivity contribution is 8.00. The maximum atomic E-state index is 14.2. The molecule has 2 aromatic carbocycles. The van der Waals surface area contributed by atoms with Crippen molar-refractivity contribution in [3.05, 3.63) is 71.3 Å². The van der Waals surface area contributed by atoms with Crippen molar-refractivity contribution < 1.29 is 76.6 Å². The van der Waals surface area contributed by atoms with Crippen molar-refractivity contribution >= 4 is 138 Å². The van der Waals surface area contributed by atoms with E-state index in [1.807, 2.05) is 0 Å². The van der Waals surface area contributed by atoms with Crippen LogP contribution in [0.5, 0.6) is 0 Å². The van der Waals surface area contributed by atoms with Gasteiger partial charge in [-0.05, 0) is 87.0 Å². The summed E-state index contributed by atoms with van der Waals surface area (Å²) in [7, 11) is 0. The zero-order valence-corrected chi connectivity index (χ0v) is 55.5. The van der Waals surface area contributed by atoms with Gasteiger partial charge in [-0.1, -0.05) is 42.5 Å². The molecule has 35 heteroatoms. The van der Waals surface area contributed by atoms with E-state index in [2.05, 4.69) is 83.4 Å². The van der Waals surface area contributed by atoms with Crippen molar-refractivity contribution in [3.8, 4) is 0 Å². The van der Waals surface area contributed by atoms with E-state index in [9.17, 15) is 76.6 Å². The van der Waals surface area contributed by atoms with Gasteiger partial charge in [0.25, 0.3) is 5.91 Å². The lowest BCUT2D eigenvalue weighted by molar-refractivity contribution is -0.141. The number of nitrogens with zero attached hydrogens (tertiary/aromatic N) is 2. The van der Waals surface area contributed by atoms with E-state index in [1.54, 1.807) is 30.3 Å². The van der Waals surface area contributed by atoms with Crippen LogP contribution in [0.1, 0.15) is 92.1 Å². The van der Waals surface area contributed by atoms with Crippen LogP contribution in [0, 0.1) is 11.8 Å². The van der Waals surface area contributed by atoms with Gasteiger partial charge in [0.1, 0.15) is 49.0 Å². The smallest absolute Gasteiger partial charge is 0.305 e. The highest BCUT2D eigenvalue weighted by Gasteiger charge is 2.41. The van der Waals surface area contributed by atoms with Gasteiger partial charge in [-0.2, -0.15) is 25.3 Å². The minimum Gasteiger partial charge on any atom is -0.481 e. The van der Waals surface area contributed by atoms with Crippen molar-refractivity contribution in [2.75, 3.05) is 61.5 Å². The molecule has 0 aromatic heterocycles. The number of primary amides is 1. The Labute approximate surface area is 567 Å². The molecule has 17 N–H and O–H groups in total. The Bertz CT molecular complexity index is 3080. The summed E-state index contributed by atoms with van der Waals surface area (Å²) >= 11 is 10.6. The number of nitrogens with one attached hydrogen (secondary N) is 10. The van der Waals surface area contributed by atoms with Crippen LogP contribution in [0.3, 0.4) is 0 Å². The van der Waals surface area contributed by atoms with Gasteiger partial charge in [-0.3, -0.25) is 77.0 Å². The number of thioether (sulfide) groups is 2. The second-order valence-corrected chi connectivity index (χ2v) is 25.9. The van der Waals surface area contributed by atoms with E-state index >= 15 is 0 Å². The molecule has 0 radical (unpaired) electrons. The lowest BCUT2D eigenvalue weighted by atomic mass is 9.81. The van der Waals surface area contributed by atoms with Crippen molar-refractivity contribution in [2.45, 2.75) is 131 Å². The number of amides is 13. The summed E-state index contributed by atoms with van der Waals surface area (Å²) in [4.78, 5) is 192. The van der Waals surface area contributed by atoms with E-state index in [4.69, 9.17) is 17.2 Å². The van der Waals surface area contributed by atoms with E-state index < -0.39 is 138 Å². The molecule has 95 heavy (non-hydrogen) atoms. The number of aliphatic imine (C=N–C) groups is 1. The maximum Gasteiger partial charge on any atom is 0.305 e. The maximum absolute atomic E-state index is 14.2. The molecule has 3 fully saturated rings. The van der Waals surface area contributed by atoms with Gasteiger partial charge in [0.05, 0.1) is 24.0 Å². The van der Waals surface area contributed by atoms with E-state index in [0.717, 1.165) is 11.8 Å². The monoisotopic (exact) mass is 1400 g/mol. The summed E-state index contributed by atoms with van der Waals surface area (Å²) in [5, 5.41) is 34.4. The zero-order valence-electron chi connectivity index (χ0n) is 52.1. The minimum atomic E-state index is -1.83. The summed E-state index contributed by atoms with van der Waals surface area (Å²) in [6.45, 7) is -0.872. The Morgan fingerprint density at radius 2 is 1.25 bits per heavy atom. The number of benzene rings is 2. The van der Waals surface area contributed by atoms with Gasteiger partial charge < -0.3 is 75.5 Å². The molecular weight excluding hydrogens is 1320 g/mol. The van der Waals surface area contributed by atoms with Crippen LogP contribution < -0.4 is 70.4 Å². The van der Waals surface area contributed by atoms with Crippen LogP contribution in [0.4, 0.5) is 4.39 Å². The Morgan fingerprint density at radius 1 is 0.663 bits per heavy atom. The third kappa shape index (κ3) is 26.5. The quantitative estimate of drug-likeness (QED) is 0.0157. The summed E-state index contributed by atoms with van der Waals surface area (Å²) in [5.74, 6) is -13.0. The number of alkyl halides is 1. The molecule has 2 saturated heterocycles. The van der Waals surface area contributed by atoms with Gasteiger partial charge in [0, 0.05) is 73.5 Å². The third-order valence-electron chi connectivity index (χ3n) is 15.6. The number of carbonyl (C=O) groups excluding carboxylic acids is 13. The fourth-order valence-corrected chi connectivity index (χ4v) is 12.8. The summed E-state index contributed by atoms with van der Waals surface area (Å²) in [6, 6.07) is 3.97. The molecule has 8 atom stereocenters. The van der Waals surface area contributed by atoms with Crippen LogP contribution in [0.15, 0.2) is 59.6 Å². The number of aliphatic carboxylic acids is 1. The van der Waals surface area contributed by atoms with Crippen LogP contribution >= 0.6 is 48.8 Å². The molecule has 520 valence electrons. The second-order valence-electron chi connectivity index (χ2n) is 22.8. The Morgan fingerprint density at radius 3 is 1.87 bits per heavy atom. The molecule has 0 spiro atoms. The number of nitrogens with two attached hydrogens (primary N) is 3. The van der Waals surface area contributed by atoms with Gasteiger partial charge >= 0.3 is 5.97 Å². The first-order valence-electron chi connectivity index (χ1n) is 30.8. The first kappa shape index (κ1) is 77.5. The Balaban J connectivity index is 1.24. The summed E-state index contributed by atoms with van der Waals surface area (Å²) in [6.07, 6.45) is 1.51. The van der Waals surface area contributed by atoms with E-state index in [1.165, 1.54) is 40.9 Å². The fraction of sp³-hybridized carbons (Fsp3) is 0.550.